The van der Waals surface area contributed by atoms with E-state index in [0.717, 1.165) is 42.0 Å². The number of nitrogens with one attached hydrogen (secondary N) is 2. The van der Waals surface area contributed by atoms with Crippen LogP contribution in [0, 0.1) is 20.8 Å². The molecule has 6 heteroatoms. The van der Waals surface area contributed by atoms with Crippen molar-refractivity contribution >= 4 is 11.6 Å². The van der Waals surface area contributed by atoms with E-state index in [-0.39, 0.29) is 18.0 Å². The molecule has 2 aromatic rings. The number of benzene rings is 1. The number of rotatable bonds is 9. The first-order valence-corrected chi connectivity index (χ1v) is 9.70. The van der Waals surface area contributed by atoms with Crippen molar-refractivity contribution in [2.75, 3.05) is 31.7 Å². The number of carbonyl (C=O) groups excluding carboxylic acids is 1. The Morgan fingerprint density at radius 2 is 2.00 bits per heavy atom. The number of hydrogen-bond acceptors (Lipinski definition) is 4. The van der Waals surface area contributed by atoms with E-state index in [4.69, 9.17) is 4.74 Å². The van der Waals surface area contributed by atoms with Gasteiger partial charge in [-0.25, -0.2) is 0 Å². The Morgan fingerprint density at radius 1 is 1.25 bits per heavy atom. The number of anilines is 1. The van der Waals surface area contributed by atoms with E-state index in [9.17, 15) is 9.59 Å². The van der Waals surface area contributed by atoms with Crippen LogP contribution < -0.4 is 15.8 Å². The van der Waals surface area contributed by atoms with Gasteiger partial charge in [0.1, 0.15) is 0 Å². The summed E-state index contributed by atoms with van der Waals surface area (Å²) < 4.78 is 5.15. The molecule has 28 heavy (non-hydrogen) atoms. The van der Waals surface area contributed by atoms with Crippen molar-refractivity contribution in [2.24, 2.45) is 0 Å². The van der Waals surface area contributed by atoms with E-state index >= 15 is 0 Å². The summed E-state index contributed by atoms with van der Waals surface area (Å²) in [5.74, 6) is -0.174. The van der Waals surface area contributed by atoms with Crippen LogP contribution in [0.1, 0.15) is 46.1 Å². The maximum absolute atomic E-state index is 12.8. The second-order valence-electron chi connectivity index (χ2n) is 7.00. The first kappa shape index (κ1) is 21.7. The number of ether oxygens (including phenoxy) is 1. The van der Waals surface area contributed by atoms with E-state index in [0.29, 0.717) is 17.7 Å². The maximum Gasteiger partial charge on any atom is 0.253 e. The van der Waals surface area contributed by atoms with Gasteiger partial charge in [0, 0.05) is 55.9 Å². The highest BCUT2D eigenvalue weighted by molar-refractivity contribution is 5.97. The number of amides is 1. The zero-order chi connectivity index (χ0) is 20.7. The van der Waals surface area contributed by atoms with Crippen molar-refractivity contribution < 1.29 is 9.53 Å². The predicted molar refractivity (Wildman–Crippen MR) is 113 cm³/mol. The number of pyridine rings is 1. The highest BCUT2D eigenvalue weighted by Gasteiger charge is 2.16. The third kappa shape index (κ3) is 5.23. The molecule has 1 aromatic carbocycles. The highest BCUT2D eigenvalue weighted by atomic mass is 16.5. The third-order valence-corrected chi connectivity index (χ3v) is 4.97. The first-order valence-electron chi connectivity index (χ1n) is 9.70. The van der Waals surface area contributed by atoms with Crippen LogP contribution in [-0.2, 0) is 11.3 Å². The number of nitrogens with zero attached hydrogens (tertiary/aromatic N) is 1. The van der Waals surface area contributed by atoms with E-state index < -0.39 is 0 Å². The van der Waals surface area contributed by atoms with Crippen molar-refractivity contribution in [3.63, 3.8) is 0 Å². The lowest BCUT2D eigenvalue weighted by Gasteiger charge is -2.26. The topological polar surface area (TPSA) is 74.4 Å². The minimum Gasteiger partial charge on any atom is -0.385 e. The summed E-state index contributed by atoms with van der Waals surface area (Å²) in [5.41, 5.74) is 4.74. The molecule has 152 valence electrons. The fourth-order valence-electron chi connectivity index (χ4n) is 3.43. The Balaban J connectivity index is 2.17. The molecule has 0 atom stereocenters. The van der Waals surface area contributed by atoms with E-state index in [1.165, 1.54) is 0 Å². The maximum atomic E-state index is 12.8. The molecule has 0 aliphatic rings. The molecule has 0 aliphatic heterocycles. The molecule has 0 fully saturated rings. The Hall–Kier alpha value is -2.60. The van der Waals surface area contributed by atoms with Crippen LogP contribution in [0.2, 0.25) is 0 Å². The molecule has 0 saturated carbocycles. The number of methoxy groups -OCH3 is 1. The fourth-order valence-corrected chi connectivity index (χ4v) is 3.43. The van der Waals surface area contributed by atoms with Crippen molar-refractivity contribution in [2.45, 2.75) is 40.7 Å². The van der Waals surface area contributed by atoms with Crippen LogP contribution in [0.4, 0.5) is 5.69 Å². The average molecular weight is 386 g/mol. The van der Waals surface area contributed by atoms with Gasteiger partial charge in [-0.2, -0.15) is 0 Å². The van der Waals surface area contributed by atoms with E-state index in [1.54, 1.807) is 7.11 Å². The van der Waals surface area contributed by atoms with Crippen LogP contribution >= 0.6 is 0 Å². The molecule has 0 spiro atoms. The van der Waals surface area contributed by atoms with Gasteiger partial charge in [0.2, 0.25) is 0 Å². The molecule has 2 rings (SSSR count). The average Bonchev–Trinajstić information content (AvgIpc) is 2.65. The van der Waals surface area contributed by atoms with Gasteiger partial charge < -0.3 is 19.9 Å². The summed E-state index contributed by atoms with van der Waals surface area (Å²) in [6.45, 7) is 10.4. The second-order valence-corrected chi connectivity index (χ2v) is 7.00. The summed E-state index contributed by atoms with van der Waals surface area (Å²) in [4.78, 5) is 30.0. The largest absolute Gasteiger partial charge is 0.385 e. The van der Waals surface area contributed by atoms with Gasteiger partial charge in [-0.1, -0.05) is 6.07 Å². The normalized spacial score (nSPS) is 10.8. The summed E-state index contributed by atoms with van der Waals surface area (Å²) in [6, 6.07) is 7.68. The lowest BCUT2D eigenvalue weighted by Crippen LogP contribution is -2.30. The van der Waals surface area contributed by atoms with Crippen LogP contribution in [0.25, 0.3) is 0 Å². The van der Waals surface area contributed by atoms with Gasteiger partial charge in [0.25, 0.3) is 11.5 Å². The van der Waals surface area contributed by atoms with Crippen LogP contribution in [-0.4, -0.2) is 37.7 Å². The van der Waals surface area contributed by atoms with Crippen molar-refractivity contribution in [1.29, 1.82) is 0 Å². The van der Waals surface area contributed by atoms with Gasteiger partial charge in [-0.05, 0) is 63.4 Å². The molecule has 0 unspecified atom stereocenters. The number of carbonyl (C=O) groups is 1. The fraction of sp³-hybridized carbons (Fsp3) is 0.455. The van der Waals surface area contributed by atoms with Crippen molar-refractivity contribution in [1.82, 2.24) is 10.3 Å². The lowest BCUT2D eigenvalue weighted by molar-refractivity contribution is 0.0950. The Bertz CT molecular complexity index is 874. The van der Waals surface area contributed by atoms with Gasteiger partial charge in [0.05, 0.1) is 0 Å². The Labute approximate surface area is 166 Å². The van der Waals surface area contributed by atoms with Crippen LogP contribution in [0.3, 0.4) is 0 Å². The minimum atomic E-state index is -0.174. The SMILES string of the molecule is CCN(CCCOC)c1cccc(C(=O)NCc2c(C)cc(C)[nH]c2=O)c1C. The molecule has 1 amide bonds. The first-order chi connectivity index (χ1) is 13.4. The van der Waals surface area contributed by atoms with Crippen molar-refractivity contribution in [3.05, 3.63) is 62.6 Å². The Morgan fingerprint density at radius 3 is 2.64 bits per heavy atom. The number of H-pyrrole nitrogens is 1. The molecule has 2 N–H and O–H groups in total. The molecule has 6 nitrogen and oxygen atoms in total. The molecule has 0 bridgehead atoms. The number of aromatic amines is 1. The smallest absolute Gasteiger partial charge is 0.253 e. The van der Waals surface area contributed by atoms with E-state index in [2.05, 4.69) is 22.1 Å². The van der Waals surface area contributed by atoms with Gasteiger partial charge in [0.15, 0.2) is 0 Å². The molecule has 0 radical (unpaired) electrons. The number of aryl methyl sites for hydroxylation is 2. The molecule has 0 aliphatic carbocycles. The highest BCUT2D eigenvalue weighted by Crippen LogP contribution is 2.23. The quantitative estimate of drug-likeness (QED) is 0.651. The van der Waals surface area contributed by atoms with Gasteiger partial charge in [-0.15, -0.1) is 0 Å². The number of aromatic nitrogens is 1. The van der Waals surface area contributed by atoms with Gasteiger partial charge in [-0.3, -0.25) is 9.59 Å². The number of hydrogen-bond donors (Lipinski definition) is 2. The summed E-state index contributed by atoms with van der Waals surface area (Å²) in [5, 5.41) is 2.90. The second kappa shape index (κ2) is 10.1. The standard InChI is InChI=1S/C22H31N3O3/c1-6-25(11-8-12-28-5)20-10-7-9-18(17(20)4)21(26)23-14-19-15(2)13-16(3)24-22(19)27/h7,9-10,13H,6,8,11-12,14H2,1-5H3,(H,23,26)(H,24,27). The van der Waals surface area contributed by atoms with Crippen LogP contribution in [0.5, 0.6) is 0 Å². The van der Waals surface area contributed by atoms with Crippen molar-refractivity contribution in [3.8, 4) is 0 Å². The molecular formula is C22H31N3O3. The zero-order valence-electron chi connectivity index (χ0n) is 17.5. The summed E-state index contributed by atoms with van der Waals surface area (Å²) >= 11 is 0. The van der Waals surface area contributed by atoms with Crippen LogP contribution in [0.15, 0.2) is 29.1 Å². The monoisotopic (exact) mass is 385 g/mol. The zero-order valence-corrected chi connectivity index (χ0v) is 17.5. The molecule has 1 heterocycles. The lowest BCUT2D eigenvalue weighted by atomic mass is 10.0. The third-order valence-electron chi connectivity index (χ3n) is 4.97. The molecule has 0 saturated heterocycles. The summed E-state index contributed by atoms with van der Waals surface area (Å²) in [6.07, 6.45) is 0.926. The predicted octanol–water partition coefficient (Wildman–Crippen LogP) is 3.09. The summed E-state index contributed by atoms with van der Waals surface area (Å²) in [7, 11) is 1.70. The Kier molecular flexibility index (Phi) is 7.81. The van der Waals surface area contributed by atoms with Gasteiger partial charge >= 0.3 is 0 Å². The minimum absolute atomic E-state index is 0.154. The van der Waals surface area contributed by atoms with E-state index in [1.807, 2.05) is 45.0 Å². The molecule has 1 aromatic heterocycles. The molecular weight excluding hydrogens is 354 g/mol.